The number of carbonyl (C=O) groups excluding carboxylic acids is 1. The molecule has 1 fully saturated rings. The third kappa shape index (κ3) is 4.16. The van der Waals surface area contributed by atoms with Gasteiger partial charge < -0.3 is 15.1 Å². The largest absolute Gasteiger partial charge is 0.360 e. The number of hydrogen-bond acceptors (Lipinski definition) is 2. The fourth-order valence-corrected chi connectivity index (χ4v) is 3.16. The summed E-state index contributed by atoms with van der Waals surface area (Å²) in [4.78, 5) is 15.6. The van der Waals surface area contributed by atoms with Crippen molar-refractivity contribution in [3.05, 3.63) is 59.9 Å². The molecular formula is C19H21F3N3O+. The van der Waals surface area contributed by atoms with Crippen LogP contribution < -0.4 is 15.1 Å². The summed E-state index contributed by atoms with van der Waals surface area (Å²) in [6.45, 7) is 4.67. The monoisotopic (exact) mass is 364 g/mol. The summed E-state index contributed by atoms with van der Waals surface area (Å²) >= 11 is 0. The maximum absolute atomic E-state index is 13.7. The summed E-state index contributed by atoms with van der Waals surface area (Å²) in [7, 11) is 0. The normalized spacial score (nSPS) is 16.4. The fourth-order valence-electron chi connectivity index (χ4n) is 3.16. The van der Waals surface area contributed by atoms with Crippen LogP contribution in [0.15, 0.2) is 42.5 Å². The molecule has 138 valence electrons. The highest BCUT2D eigenvalue weighted by Gasteiger charge is 2.29. The van der Waals surface area contributed by atoms with Gasteiger partial charge in [0.25, 0.3) is 5.91 Å². The van der Waals surface area contributed by atoms with E-state index in [4.69, 9.17) is 0 Å². The van der Waals surface area contributed by atoms with E-state index >= 15 is 0 Å². The lowest BCUT2D eigenvalue weighted by Gasteiger charge is -2.36. The van der Waals surface area contributed by atoms with Crippen LogP contribution in [0, 0.1) is 17.5 Å². The van der Waals surface area contributed by atoms with Crippen LogP contribution in [0.3, 0.4) is 0 Å². The van der Waals surface area contributed by atoms with Crippen molar-refractivity contribution in [3.8, 4) is 0 Å². The Morgan fingerprint density at radius 3 is 2.31 bits per heavy atom. The summed E-state index contributed by atoms with van der Waals surface area (Å²) in [6.07, 6.45) is 0. The molecule has 1 amide bonds. The Kier molecular flexibility index (Phi) is 5.46. The number of nitrogens with zero attached hydrogens (tertiary/aromatic N) is 1. The molecule has 0 bridgehead atoms. The van der Waals surface area contributed by atoms with Gasteiger partial charge in [-0.1, -0.05) is 0 Å². The van der Waals surface area contributed by atoms with Gasteiger partial charge in [0.2, 0.25) is 0 Å². The minimum absolute atomic E-state index is 0.147. The van der Waals surface area contributed by atoms with Crippen molar-refractivity contribution in [2.75, 3.05) is 36.4 Å². The molecule has 2 aromatic rings. The van der Waals surface area contributed by atoms with Crippen LogP contribution >= 0.6 is 0 Å². The van der Waals surface area contributed by atoms with E-state index in [1.165, 1.54) is 12.1 Å². The average Bonchev–Trinajstić information content (AvgIpc) is 2.65. The molecule has 0 aliphatic carbocycles. The number of anilines is 2. The maximum atomic E-state index is 13.7. The van der Waals surface area contributed by atoms with Gasteiger partial charge in [-0.25, -0.2) is 13.2 Å². The lowest BCUT2D eigenvalue weighted by molar-refractivity contribution is -0.914. The van der Waals surface area contributed by atoms with Crippen LogP contribution in [-0.2, 0) is 4.79 Å². The molecule has 1 aliphatic rings. The molecule has 2 aromatic carbocycles. The van der Waals surface area contributed by atoms with Crippen molar-refractivity contribution >= 4 is 17.3 Å². The lowest BCUT2D eigenvalue weighted by atomic mass is 10.2. The van der Waals surface area contributed by atoms with Crippen LogP contribution in [0.2, 0.25) is 0 Å². The summed E-state index contributed by atoms with van der Waals surface area (Å²) in [5.74, 6) is -1.88. The molecule has 1 aliphatic heterocycles. The minimum Gasteiger partial charge on any atom is -0.360 e. The highest BCUT2D eigenvalue weighted by molar-refractivity contribution is 5.93. The van der Waals surface area contributed by atoms with Gasteiger partial charge >= 0.3 is 0 Å². The number of benzene rings is 2. The Labute approximate surface area is 150 Å². The number of rotatable bonds is 4. The van der Waals surface area contributed by atoms with Crippen molar-refractivity contribution < 1.29 is 22.9 Å². The molecule has 2 N–H and O–H groups in total. The molecule has 4 nitrogen and oxygen atoms in total. The molecule has 0 radical (unpaired) electrons. The van der Waals surface area contributed by atoms with Crippen molar-refractivity contribution in [3.63, 3.8) is 0 Å². The molecule has 0 unspecified atom stereocenters. The molecule has 1 saturated heterocycles. The number of carbonyl (C=O) groups is 1. The third-order valence-corrected chi connectivity index (χ3v) is 4.79. The van der Waals surface area contributed by atoms with E-state index in [0.717, 1.165) is 55.0 Å². The van der Waals surface area contributed by atoms with Crippen LogP contribution in [-0.4, -0.2) is 38.1 Å². The fraction of sp³-hybridized carbons (Fsp3) is 0.316. The van der Waals surface area contributed by atoms with Gasteiger partial charge in [0.1, 0.15) is 17.5 Å². The molecule has 7 heteroatoms. The topological polar surface area (TPSA) is 36.8 Å². The first kappa shape index (κ1) is 18.3. The third-order valence-electron chi connectivity index (χ3n) is 4.79. The number of nitrogens with one attached hydrogen (secondary N) is 2. The second-order valence-corrected chi connectivity index (χ2v) is 6.46. The molecule has 3 rings (SSSR count). The van der Waals surface area contributed by atoms with Gasteiger partial charge in [-0.15, -0.1) is 0 Å². The van der Waals surface area contributed by atoms with Gasteiger partial charge in [0.05, 0.1) is 31.9 Å². The predicted octanol–water partition coefficient (Wildman–Crippen LogP) is 1.84. The average molecular weight is 364 g/mol. The van der Waals surface area contributed by atoms with Crippen molar-refractivity contribution in [1.82, 2.24) is 0 Å². The van der Waals surface area contributed by atoms with Crippen LogP contribution in [0.1, 0.15) is 6.92 Å². The number of hydrogen-bond donors (Lipinski definition) is 2. The van der Waals surface area contributed by atoms with E-state index in [2.05, 4.69) is 10.2 Å². The van der Waals surface area contributed by atoms with Gasteiger partial charge in [-0.2, -0.15) is 0 Å². The highest BCUT2D eigenvalue weighted by atomic mass is 19.1. The zero-order valence-corrected chi connectivity index (χ0v) is 14.4. The van der Waals surface area contributed by atoms with Gasteiger partial charge in [-0.05, 0) is 43.3 Å². The number of quaternary nitrogens is 1. The van der Waals surface area contributed by atoms with Crippen molar-refractivity contribution in [2.24, 2.45) is 0 Å². The van der Waals surface area contributed by atoms with Gasteiger partial charge in [0, 0.05) is 11.8 Å². The molecule has 1 atom stereocenters. The predicted molar refractivity (Wildman–Crippen MR) is 93.8 cm³/mol. The summed E-state index contributed by atoms with van der Waals surface area (Å²) in [6, 6.07) is 8.91. The van der Waals surface area contributed by atoms with E-state index in [1.54, 1.807) is 19.1 Å². The van der Waals surface area contributed by atoms with E-state index < -0.39 is 17.7 Å². The quantitative estimate of drug-likeness (QED) is 0.869. The zero-order valence-electron chi connectivity index (χ0n) is 14.4. The molecule has 0 saturated carbocycles. The smallest absolute Gasteiger partial charge is 0.282 e. The summed E-state index contributed by atoms with van der Waals surface area (Å²) in [5.41, 5.74) is 0.801. The highest BCUT2D eigenvalue weighted by Crippen LogP contribution is 2.16. The minimum atomic E-state index is -0.664. The van der Waals surface area contributed by atoms with E-state index in [0.29, 0.717) is 0 Å². The second-order valence-electron chi connectivity index (χ2n) is 6.46. The lowest BCUT2D eigenvalue weighted by Crippen LogP contribution is -3.19. The van der Waals surface area contributed by atoms with Crippen molar-refractivity contribution in [1.29, 1.82) is 0 Å². The second kappa shape index (κ2) is 7.78. The Hall–Kier alpha value is -2.54. The first-order valence-electron chi connectivity index (χ1n) is 8.55. The maximum Gasteiger partial charge on any atom is 0.282 e. The van der Waals surface area contributed by atoms with E-state index in [-0.39, 0.29) is 17.4 Å². The first-order valence-corrected chi connectivity index (χ1v) is 8.55. The Bertz CT molecular complexity index is 774. The van der Waals surface area contributed by atoms with Crippen LogP contribution in [0.5, 0.6) is 0 Å². The summed E-state index contributed by atoms with van der Waals surface area (Å²) < 4.78 is 39.9. The molecule has 26 heavy (non-hydrogen) atoms. The summed E-state index contributed by atoms with van der Waals surface area (Å²) in [5, 5.41) is 2.47. The van der Waals surface area contributed by atoms with Crippen molar-refractivity contribution in [2.45, 2.75) is 13.0 Å². The first-order chi connectivity index (χ1) is 12.4. The number of piperazine rings is 1. The van der Waals surface area contributed by atoms with E-state index in [9.17, 15) is 18.0 Å². The Morgan fingerprint density at radius 1 is 1.04 bits per heavy atom. The molecule has 0 aromatic heterocycles. The molecular weight excluding hydrogens is 343 g/mol. The Morgan fingerprint density at radius 2 is 1.65 bits per heavy atom. The van der Waals surface area contributed by atoms with Gasteiger partial charge in [0.15, 0.2) is 6.04 Å². The van der Waals surface area contributed by atoms with Crippen LogP contribution in [0.25, 0.3) is 0 Å². The zero-order chi connectivity index (χ0) is 18.7. The van der Waals surface area contributed by atoms with E-state index in [1.807, 2.05) is 0 Å². The molecule has 0 spiro atoms. The standard InChI is InChI=1S/C19H20F3N3O/c1-13(19(26)23-18-12-15(21)4-7-17(18)22)24-8-10-25(11-9-24)16-5-2-14(20)3-6-16/h2-7,12-13H,8-11H2,1H3,(H,23,26)/p+1/t13-/m1/s1. The SMILES string of the molecule is C[C@H](C(=O)Nc1cc(F)ccc1F)[NH+]1CCN(c2ccc(F)cc2)CC1. The number of halogens is 3. The Balaban J connectivity index is 1.57. The van der Waals surface area contributed by atoms with Crippen LogP contribution in [0.4, 0.5) is 24.5 Å². The molecule has 1 heterocycles. The number of amides is 1. The van der Waals surface area contributed by atoms with Gasteiger partial charge in [-0.3, -0.25) is 4.79 Å².